The molecule has 0 unspecified atom stereocenters. The first-order valence-electron chi connectivity index (χ1n) is 6.09. The van der Waals surface area contributed by atoms with E-state index in [4.69, 9.17) is 11.8 Å². The van der Waals surface area contributed by atoms with Gasteiger partial charge in [-0.2, -0.15) is 0 Å². The third-order valence-corrected chi connectivity index (χ3v) is 2.71. The lowest BCUT2D eigenvalue weighted by atomic mass is 10.1. The molecule has 0 aromatic heterocycles. The van der Waals surface area contributed by atoms with Gasteiger partial charge in [0, 0.05) is 0 Å². The molecule has 2 heteroatoms. The molecule has 0 aliphatic rings. The van der Waals surface area contributed by atoms with Crippen LogP contribution in [0.5, 0.6) is 0 Å². The Morgan fingerprint density at radius 1 is 0.786 bits per heavy atom. The van der Waals surface area contributed by atoms with E-state index in [0.717, 1.165) is 6.54 Å². The molecule has 1 nitrogen and oxygen atoms in total. The quantitative estimate of drug-likeness (QED) is 0.400. The molecule has 0 bridgehead atoms. The minimum atomic E-state index is 0.593. The van der Waals surface area contributed by atoms with Gasteiger partial charge in [0.05, 0.1) is 20.6 Å². The smallest absolute Gasteiger partial charge is 0.164 e. The maximum atomic E-state index is 6.05. The van der Waals surface area contributed by atoms with Gasteiger partial charge in [0.25, 0.3) is 0 Å². The van der Waals surface area contributed by atoms with Crippen molar-refractivity contribution in [3.8, 4) is 0 Å². The van der Waals surface area contributed by atoms with E-state index in [1.54, 1.807) is 0 Å². The summed E-state index contributed by atoms with van der Waals surface area (Å²) in [7, 11) is 4.09. The van der Waals surface area contributed by atoms with Gasteiger partial charge in [-0.05, 0) is 12.8 Å². The Bertz CT molecular complexity index is 118. The largest absolute Gasteiger partial charge is 0.227 e. The van der Waals surface area contributed by atoms with Crippen molar-refractivity contribution in [1.29, 1.82) is 0 Å². The van der Waals surface area contributed by atoms with Crippen LogP contribution in [-0.2, 0) is 0 Å². The van der Waals surface area contributed by atoms with Gasteiger partial charge in [-0.15, -0.1) is 0 Å². The second-order valence-corrected chi connectivity index (χ2v) is 5.65. The number of nitrogens with zero attached hydrogens (tertiary/aromatic N) is 1. The highest BCUT2D eigenvalue weighted by atomic mass is 35.5. The minimum absolute atomic E-state index is 0.593. The second-order valence-electron chi connectivity index (χ2n) is 4.74. The van der Waals surface area contributed by atoms with E-state index >= 15 is 0 Å². The molecule has 0 atom stereocenters. The summed E-state index contributed by atoms with van der Waals surface area (Å²) in [5.74, 6) is 0. The van der Waals surface area contributed by atoms with Crippen LogP contribution in [-0.4, -0.2) is 24.6 Å². The lowest BCUT2D eigenvalue weighted by Gasteiger charge is -2.17. The van der Waals surface area contributed by atoms with Crippen LogP contribution < -0.4 is 0 Å². The van der Waals surface area contributed by atoms with Crippen LogP contribution in [0.3, 0.4) is 0 Å². The van der Waals surface area contributed by atoms with Crippen molar-refractivity contribution in [2.24, 2.45) is 0 Å². The summed E-state index contributed by atoms with van der Waals surface area (Å²) in [4.78, 5) is 0. The van der Waals surface area contributed by atoms with Gasteiger partial charge in [0.1, 0.15) is 0 Å². The molecule has 0 spiro atoms. The molecule has 0 radical (unpaired) electrons. The van der Waals surface area contributed by atoms with Crippen molar-refractivity contribution < 1.29 is 4.00 Å². The van der Waals surface area contributed by atoms with Crippen LogP contribution in [0.25, 0.3) is 0 Å². The first kappa shape index (κ1) is 14.2. The molecule has 0 heterocycles. The molecule has 0 aromatic rings. The topological polar surface area (TPSA) is 0 Å². The summed E-state index contributed by atoms with van der Waals surface area (Å²) >= 11 is 6.05. The Labute approximate surface area is 95.1 Å². The van der Waals surface area contributed by atoms with Gasteiger partial charge in [-0.1, -0.05) is 45.4 Å². The first-order chi connectivity index (χ1) is 6.56. The normalized spacial score (nSPS) is 12.0. The SMILES string of the molecule is CCCCCCCCCC[N+](C)(C)Cl. The Balaban J connectivity index is 2.99. The molecule has 0 rings (SSSR count). The number of rotatable bonds is 9. The highest BCUT2D eigenvalue weighted by Gasteiger charge is 2.09. The van der Waals surface area contributed by atoms with Crippen molar-refractivity contribution >= 4 is 11.8 Å². The molecule has 0 aliphatic heterocycles. The molecular weight excluding hydrogens is 194 g/mol. The number of halogens is 1. The Morgan fingerprint density at radius 2 is 1.21 bits per heavy atom. The number of unbranched alkanes of at least 4 members (excludes halogenated alkanes) is 7. The van der Waals surface area contributed by atoms with E-state index in [-0.39, 0.29) is 0 Å². The van der Waals surface area contributed by atoms with Gasteiger partial charge in [0.2, 0.25) is 0 Å². The number of hydrogen-bond acceptors (Lipinski definition) is 0. The molecule has 0 saturated heterocycles. The maximum absolute atomic E-state index is 6.05. The number of hydrogen-bond donors (Lipinski definition) is 0. The molecular formula is C12H27ClN+. The average molecular weight is 221 g/mol. The van der Waals surface area contributed by atoms with Crippen LogP contribution in [0.15, 0.2) is 0 Å². The van der Waals surface area contributed by atoms with Crippen LogP contribution in [0.4, 0.5) is 0 Å². The highest BCUT2D eigenvalue weighted by Crippen LogP contribution is 2.11. The van der Waals surface area contributed by atoms with Gasteiger partial charge in [-0.25, -0.2) is 4.00 Å². The molecule has 86 valence electrons. The fraction of sp³-hybridized carbons (Fsp3) is 1.00. The Morgan fingerprint density at radius 3 is 1.64 bits per heavy atom. The van der Waals surface area contributed by atoms with Crippen molar-refractivity contribution in [2.75, 3.05) is 20.6 Å². The number of quaternary nitrogens is 1. The predicted octanol–water partition coefficient (Wildman–Crippen LogP) is 4.36. The van der Waals surface area contributed by atoms with Crippen molar-refractivity contribution in [2.45, 2.75) is 58.3 Å². The van der Waals surface area contributed by atoms with E-state index in [9.17, 15) is 0 Å². The lowest BCUT2D eigenvalue weighted by molar-refractivity contribution is -0.771. The Kier molecular flexibility index (Phi) is 8.70. The zero-order valence-electron chi connectivity index (χ0n) is 10.2. The summed E-state index contributed by atoms with van der Waals surface area (Å²) in [5.41, 5.74) is 0. The third-order valence-electron chi connectivity index (χ3n) is 2.54. The molecule has 0 saturated carbocycles. The van der Waals surface area contributed by atoms with Crippen LogP contribution in [0.2, 0.25) is 0 Å². The maximum Gasteiger partial charge on any atom is 0.164 e. The van der Waals surface area contributed by atoms with Crippen molar-refractivity contribution in [3.63, 3.8) is 0 Å². The molecule has 0 amide bonds. The Hall–Kier alpha value is 0.250. The van der Waals surface area contributed by atoms with Gasteiger partial charge in [0.15, 0.2) is 11.8 Å². The summed E-state index contributed by atoms with van der Waals surface area (Å²) < 4.78 is 0.593. The third kappa shape index (κ3) is 12.2. The first-order valence-corrected chi connectivity index (χ1v) is 6.42. The van der Waals surface area contributed by atoms with Gasteiger partial charge >= 0.3 is 0 Å². The summed E-state index contributed by atoms with van der Waals surface area (Å²) in [6.07, 6.45) is 11.0. The van der Waals surface area contributed by atoms with Crippen LogP contribution >= 0.6 is 11.8 Å². The lowest BCUT2D eigenvalue weighted by Crippen LogP contribution is -2.28. The van der Waals surface area contributed by atoms with Crippen LogP contribution in [0, 0.1) is 0 Å². The molecule has 0 aliphatic carbocycles. The van der Waals surface area contributed by atoms with Crippen LogP contribution in [0.1, 0.15) is 58.3 Å². The van der Waals surface area contributed by atoms with E-state index in [1.165, 1.54) is 51.4 Å². The summed E-state index contributed by atoms with van der Waals surface area (Å²) in [6, 6.07) is 0. The monoisotopic (exact) mass is 220 g/mol. The van der Waals surface area contributed by atoms with Gasteiger partial charge < -0.3 is 0 Å². The molecule has 0 fully saturated rings. The van der Waals surface area contributed by atoms with E-state index in [0.29, 0.717) is 4.00 Å². The van der Waals surface area contributed by atoms with E-state index < -0.39 is 0 Å². The molecule has 0 aromatic carbocycles. The van der Waals surface area contributed by atoms with Crippen molar-refractivity contribution in [3.05, 3.63) is 0 Å². The molecule has 0 N–H and O–H groups in total. The van der Waals surface area contributed by atoms with E-state index in [1.807, 2.05) is 14.1 Å². The summed E-state index contributed by atoms with van der Waals surface area (Å²) in [6.45, 7) is 3.36. The zero-order valence-corrected chi connectivity index (χ0v) is 10.9. The fourth-order valence-electron chi connectivity index (χ4n) is 1.62. The molecule has 14 heavy (non-hydrogen) atoms. The minimum Gasteiger partial charge on any atom is -0.227 e. The average Bonchev–Trinajstić information content (AvgIpc) is 2.08. The standard InChI is InChI=1S/C12H27ClN/c1-4-5-6-7-8-9-10-11-12-14(2,3)13/h4-12H2,1-3H3/q+1. The van der Waals surface area contributed by atoms with Crippen molar-refractivity contribution in [1.82, 2.24) is 0 Å². The zero-order chi connectivity index (χ0) is 10.9. The second kappa shape index (κ2) is 8.55. The van der Waals surface area contributed by atoms with E-state index in [2.05, 4.69) is 6.92 Å². The predicted molar refractivity (Wildman–Crippen MR) is 65.4 cm³/mol. The van der Waals surface area contributed by atoms with Gasteiger partial charge in [-0.3, -0.25) is 0 Å². The highest BCUT2D eigenvalue weighted by molar-refractivity contribution is 6.06. The summed E-state index contributed by atoms with van der Waals surface area (Å²) in [5, 5.41) is 0. The fourth-order valence-corrected chi connectivity index (χ4v) is 1.74.